The fraction of sp³-hybridized carbons (Fsp3) is 0.944. The van der Waals surface area contributed by atoms with Gasteiger partial charge in [-0.2, -0.15) is 0 Å². The molecular weight excluding hydrogens is 1120 g/mol. The van der Waals surface area contributed by atoms with E-state index in [0.29, 0.717) is 25.7 Å². The van der Waals surface area contributed by atoms with Crippen LogP contribution < -0.4 is 29.6 Å². The molecule has 6 aliphatic heterocycles. The average molecular weight is 1210 g/mol. The number of carbonyl (C=O) groups excluding carboxylic acids is 1. The van der Waals surface area contributed by atoms with E-state index in [1.807, 2.05) is 26.8 Å². The third-order valence-electron chi connectivity index (χ3n) is 21.2. The van der Waals surface area contributed by atoms with Crippen LogP contribution in [-0.2, 0) is 71.5 Å². The van der Waals surface area contributed by atoms with Crippen LogP contribution in [0, 0.1) is 39.4 Å². The molecule has 0 amide bonds. The van der Waals surface area contributed by atoms with Gasteiger partial charge in [-0.3, -0.25) is 8.98 Å². The summed E-state index contributed by atoms with van der Waals surface area (Å²) in [6.07, 6.45) is -27.0. The Labute approximate surface area is 499 Å². The molecule has 0 aromatic heterocycles. The van der Waals surface area contributed by atoms with Crippen LogP contribution in [0.5, 0.6) is 0 Å². The first kappa shape index (κ1) is 65.7. The van der Waals surface area contributed by atoms with E-state index in [4.69, 9.17) is 52.1 Å². The third-order valence-corrected chi connectivity index (χ3v) is 21.7. The standard InChI is InChI=1S/C54H86O26S.Na/c1-22-40(75-46-39(64)42(34(59)26(20-56)73-46)76-45-38(63)41(69-9)33(58)25(19-55)72-45)36(61)37(62)44(71-22)77-43-35(60)27(80-81(66,67)68)21-70-47(43)74-31-14-16-51(6)24-18-30(57)54-29(53(8,79-48(54)65)32-13-15-49(2,3)78-32)12-17-52(54,7)23(24)10-11-28(51)50(31,4)5;/h18,22-23,25-47,55-64H,10-17,19-21H2,1-9H3,(H,66,67,68);/q;+1/p-1/t22?,23?,25?,26?,27-,28?,29-,30+,31+,32?,33-,34-,35-,36+,37?,38?,39?,40-,41-,42-,43?,44+,45+,46+,47+,51-,52+,53-,54?;/m1./s1. The second-order valence-corrected chi connectivity index (χ2v) is 27.4. The van der Waals surface area contributed by atoms with Gasteiger partial charge in [-0.1, -0.05) is 39.3 Å². The molecule has 28 heteroatoms. The Morgan fingerprint density at radius 1 is 0.659 bits per heavy atom. The summed E-state index contributed by atoms with van der Waals surface area (Å²) in [5, 5.41) is 112. The number of cyclic esters (lactones) is 1. The van der Waals surface area contributed by atoms with Gasteiger partial charge in [-0.25, -0.2) is 8.42 Å². The summed E-state index contributed by atoms with van der Waals surface area (Å²) in [6.45, 7) is 13.7. The number of hydrogen-bond acceptors (Lipinski definition) is 26. The molecule has 0 bridgehead atoms. The summed E-state index contributed by atoms with van der Waals surface area (Å²) in [7, 11) is -4.25. The second kappa shape index (κ2) is 23.6. The van der Waals surface area contributed by atoms with Gasteiger partial charge in [-0.05, 0) is 107 Å². The van der Waals surface area contributed by atoms with Crippen molar-refractivity contribution in [2.45, 2.75) is 253 Å². The van der Waals surface area contributed by atoms with Crippen LogP contribution in [0.25, 0.3) is 0 Å². The first-order valence-corrected chi connectivity index (χ1v) is 29.8. The van der Waals surface area contributed by atoms with Crippen LogP contribution in [0.3, 0.4) is 0 Å². The quantitative estimate of drug-likeness (QED) is 0.0195. The van der Waals surface area contributed by atoms with Gasteiger partial charge >= 0.3 is 35.5 Å². The van der Waals surface area contributed by atoms with Crippen molar-refractivity contribution in [1.82, 2.24) is 0 Å². The maximum absolute atomic E-state index is 14.6. The molecule has 0 radical (unpaired) electrons. The van der Waals surface area contributed by atoms with Crippen molar-refractivity contribution >= 4 is 16.4 Å². The van der Waals surface area contributed by atoms with Crippen molar-refractivity contribution in [2.24, 2.45) is 39.4 Å². The molecule has 29 atom stereocenters. The predicted molar refractivity (Wildman–Crippen MR) is 270 cm³/mol. The van der Waals surface area contributed by atoms with Crippen molar-refractivity contribution < 1.29 is 155 Å². The summed E-state index contributed by atoms with van der Waals surface area (Å²) >= 11 is 0. The molecule has 4 aliphatic carbocycles. The van der Waals surface area contributed by atoms with Gasteiger partial charge in [-0.15, -0.1) is 0 Å². The minimum Gasteiger partial charge on any atom is -0.726 e. The van der Waals surface area contributed by atoms with E-state index in [1.165, 1.54) is 14.0 Å². The van der Waals surface area contributed by atoms with Crippen molar-refractivity contribution in [3.63, 3.8) is 0 Å². The van der Waals surface area contributed by atoms with Gasteiger partial charge in [0.1, 0.15) is 96.5 Å². The van der Waals surface area contributed by atoms with E-state index in [1.54, 1.807) is 0 Å². The van der Waals surface area contributed by atoms with Crippen LogP contribution in [0.2, 0.25) is 0 Å². The topological polar surface area (TPSA) is 387 Å². The van der Waals surface area contributed by atoms with Crippen molar-refractivity contribution in [3.8, 4) is 0 Å². The zero-order valence-electron chi connectivity index (χ0n) is 48.2. The SMILES string of the molecule is CO[C@H]1C(O)[C@H](O[C@H]2C(O)[C@H](O[C@@H]3C(C)O[C@@H](OC4[C@H](O[C@H]5CC[C@]6(C)C7=C[C@H](O)C89C(=O)O[C@@](C)(C%10CCC(C)(C)O%10)[C@H]8CC[C@@]9(C)C7CCC6C5(C)C)OC[C@@H](OS(=O)(=O)[O-])[C@H]4O)C(O)[C@@H]3O)OC(CO)[C@H]2O)OC(CO)[C@H]1O.[Na+]. The zero-order valence-corrected chi connectivity index (χ0v) is 51.0. The van der Waals surface area contributed by atoms with Crippen molar-refractivity contribution in [2.75, 3.05) is 26.9 Å². The average Bonchev–Trinajstić information content (AvgIpc) is 1.46. The van der Waals surface area contributed by atoms with Crippen molar-refractivity contribution in [3.05, 3.63) is 11.6 Å². The summed E-state index contributed by atoms with van der Waals surface area (Å²) in [4.78, 5) is 14.6. The minimum absolute atomic E-state index is 0. The summed E-state index contributed by atoms with van der Waals surface area (Å²) in [6, 6.07) is 0. The van der Waals surface area contributed by atoms with E-state index < -0.39 is 186 Å². The van der Waals surface area contributed by atoms with Gasteiger partial charge in [0, 0.05) is 13.0 Å². The predicted octanol–water partition coefficient (Wildman–Crippen LogP) is -4.72. The molecule has 0 aromatic carbocycles. The van der Waals surface area contributed by atoms with E-state index in [9.17, 15) is 68.8 Å². The van der Waals surface area contributed by atoms with Gasteiger partial charge in [0.05, 0.1) is 49.8 Å². The number of carbonyl (C=O) groups is 1. The van der Waals surface area contributed by atoms with E-state index in [-0.39, 0.29) is 65.0 Å². The number of ether oxygens (including phenoxy) is 11. The Kier molecular flexibility index (Phi) is 18.9. The number of esters is 1. The molecule has 3 saturated carbocycles. The summed E-state index contributed by atoms with van der Waals surface area (Å²) < 4.78 is 107. The molecule has 10 rings (SSSR count). The van der Waals surface area contributed by atoms with Gasteiger partial charge < -0.3 is 108 Å². The first-order valence-electron chi connectivity index (χ1n) is 28.5. The largest absolute Gasteiger partial charge is 1.00 e. The molecule has 26 nitrogen and oxygen atoms in total. The molecule has 82 heavy (non-hydrogen) atoms. The van der Waals surface area contributed by atoms with Gasteiger partial charge in [0.2, 0.25) is 10.4 Å². The number of hydrogen-bond donors (Lipinski definition) is 10. The van der Waals surface area contributed by atoms with Crippen molar-refractivity contribution in [1.29, 1.82) is 0 Å². The summed E-state index contributed by atoms with van der Waals surface area (Å²) in [5.74, 6) is -0.736. The molecule has 6 heterocycles. The van der Waals surface area contributed by atoms with Gasteiger partial charge in [0.25, 0.3) is 0 Å². The Hall–Kier alpha value is -0.720. The maximum atomic E-state index is 14.6. The number of rotatable bonds is 14. The first-order chi connectivity index (χ1) is 37.8. The second-order valence-electron chi connectivity index (χ2n) is 26.3. The monoisotopic (exact) mass is 1200 g/mol. The molecule has 6 saturated heterocycles. The van der Waals surface area contributed by atoms with E-state index in [2.05, 4.69) is 31.9 Å². The van der Waals surface area contributed by atoms with Crippen LogP contribution in [0.15, 0.2) is 11.6 Å². The molecule has 10 N–H and O–H groups in total. The number of fused-ring (bicyclic) bond motifs is 4. The third kappa shape index (κ3) is 10.7. The Balaban J connectivity index is 0.00000810. The Morgan fingerprint density at radius 3 is 1.85 bits per heavy atom. The molecule has 9 fully saturated rings. The van der Waals surface area contributed by atoms with Crippen LogP contribution in [0.1, 0.15) is 107 Å². The Morgan fingerprint density at radius 2 is 1.26 bits per heavy atom. The van der Waals surface area contributed by atoms with Crippen LogP contribution in [0.4, 0.5) is 0 Å². The number of aliphatic hydroxyl groups is 10. The van der Waals surface area contributed by atoms with Crippen LogP contribution >= 0.6 is 0 Å². The number of aliphatic hydroxyl groups excluding tert-OH is 10. The minimum atomic E-state index is -5.43. The molecule has 11 unspecified atom stereocenters. The van der Waals surface area contributed by atoms with E-state index >= 15 is 0 Å². The summed E-state index contributed by atoms with van der Waals surface area (Å²) in [5.41, 5.74) is -3.09. The smallest absolute Gasteiger partial charge is 0.726 e. The molecule has 0 aromatic rings. The maximum Gasteiger partial charge on any atom is 1.00 e. The fourth-order valence-corrected chi connectivity index (χ4v) is 17.4. The molecular formula is C54H85NaO26S. The fourth-order valence-electron chi connectivity index (χ4n) is 17.0. The number of allylic oxidation sites excluding steroid dienone is 1. The normalized spacial score (nSPS) is 52.6. The number of methoxy groups -OCH3 is 1. The zero-order chi connectivity index (χ0) is 59.1. The molecule has 464 valence electrons. The molecule has 1 spiro atoms. The van der Waals surface area contributed by atoms with E-state index in [0.717, 1.165) is 31.3 Å². The van der Waals surface area contributed by atoms with Crippen LogP contribution in [-0.4, -0.2) is 243 Å². The molecule has 10 aliphatic rings. The Bertz CT molecular complexity index is 2440. The van der Waals surface area contributed by atoms with Gasteiger partial charge in [0.15, 0.2) is 25.2 Å².